The molecule has 0 aliphatic carbocycles. The Balaban J connectivity index is 1.87. The lowest BCUT2D eigenvalue weighted by Crippen LogP contribution is -2.40. The van der Waals surface area contributed by atoms with Gasteiger partial charge in [-0.1, -0.05) is 22.9 Å². The van der Waals surface area contributed by atoms with Crippen LogP contribution in [0.3, 0.4) is 0 Å². The molecule has 0 radical (unpaired) electrons. The van der Waals surface area contributed by atoms with E-state index in [1.165, 1.54) is 0 Å². The number of carbonyl (C=O) groups is 1. The lowest BCUT2D eigenvalue weighted by atomic mass is 9.96. The van der Waals surface area contributed by atoms with Crippen molar-refractivity contribution < 1.29 is 4.79 Å². The number of nitrogens with zero attached hydrogens (tertiary/aromatic N) is 1. The number of carbonyl (C=O) groups excluding carboxylic acids is 1. The Bertz CT molecular complexity index is 411. The van der Waals surface area contributed by atoms with Gasteiger partial charge in [0.1, 0.15) is 0 Å². The van der Waals surface area contributed by atoms with E-state index in [0.29, 0.717) is 5.92 Å². The zero-order valence-corrected chi connectivity index (χ0v) is 12.9. The average Bonchev–Trinajstić information content (AvgIpc) is 2.46. The monoisotopic (exact) mass is 324 g/mol. The van der Waals surface area contributed by atoms with Crippen molar-refractivity contribution in [3.8, 4) is 0 Å². The van der Waals surface area contributed by atoms with Crippen LogP contribution in [0.5, 0.6) is 0 Å². The summed E-state index contributed by atoms with van der Waals surface area (Å²) < 4.78 is 1.01. The summed E-state index contributed by atoms with van der Waals surface area (Å²) in [6, 6.07) is 7.62. The third-order valence-corrected chi connectivity index (χ3v) is 4.20. The van der Waals surface area contributed by atoms with Gasteiger partial charge in [0, 0.05) is 23.1 Å². The summed E-state index contributed by atoms with van der Waals surface area (Å²) in [5.74, 6) is 0.878. The van der Waals surface area contributed by atoms with Crippen LogP contribution in [0.2, 0.25) is 0 Å². The van der Waals surface area contributed by atoms with Gasteiger partial charge in [0.05, 0.1) is 0 Å². The molecule has 104 valence electrons. The van der Waals surface area contributed by atoms with Gasteiger partial charge in [0.25, 0.3) is 5.91 Å². The summed E-state index contributed by atoms with van der Waals surface area (Å²) in [6.07, 6.45) is 2.21. The lowest BCUT2D eigenvalue weighted by molar-refractivity contribution is 0.0690. The maximum absolute atomic E-state index is 12.3. The van der Waals surface area contributed by atoms with Crippen LogP contribution < -0.4 is 5.32 Å². The predicted octanol–water partition coefficient (Wildman–Crippen LogP) is 2.91. The first-order valence-electron chi connectivity index (χ1n) is 6.96. The summed E-state index contributed by atoms with van der Waals surface area (Å²) in [5.41, 5.74) is 0.785. The molecule has 2 rings (SSSR count). The molecule has 1 saturated heterocycles. The van der Waals surface area contributed by atoms with E-state index in [-0.39, 0.29) is 5.91 Å². The lowest BCUT2D eigenvalue weighted by Gasteiger charge is -2.32. The van der Waals surface area contributed by atoms with E-state index >= 15 is 0 Å². The number of amides is 1. The van der Waals surface area contributed by atoms with Gasteiger partial charge in [-0.05, 0) is 56.1 Å². The number of hydrogen-bond donors (Lipinski definition) is 1. The molecule has 4 heteroatoms. The first-order valence-corrected chi connectivity index (χ1v) is 7.75. The highest BCUT2D eigenvalue weighted by atomic mass is 79.9. The summed E-state index contributed by atoms with van der Waals surface area (Å²) >= 11 is 3.39. The van der Waals surface area contributed by atoms with Crippen molar-refractivity contribution in [2.75, 3.05) is 26.2 Å². The number of likely N-dealkylation sites (tertiary alicyclic amines) is 1. The third-order valence-electron chi connectivity index (χ3n) is 3.68. The molecule has 1 aliphatic heterocycles. The van der Waals surface area contributed by atoms with E-state index in [0.717, 1.165) is 49.1 Å². The van der Waals surface area contributed by atoms with Crippen LogP contribution in [0.15, 0.2) is 28.7 Å². The van der Waals surface area contributed by atoms with Crippen LogP contribution in [0.25, 0.3) is 0 Å². The molecule has 0 spiro atoms. The summed E-state index contributed by atoms with van der Waals surface area (Å²) in [7, 11) is 0. The number of nitrogens with one attached hydrogen (secondary N) is 1. The normalized spacial score (nSPS) is 16.6. The first-order chi connectivity index (χ1) is 9.20. The predicted molar refractivity (Wildman–Crippen MR) is 81.3 cm³/mol. The fourth-order valence-corrected chi connectivity index (χ4v) is 2.73. The number of piperidine rings is 1. The molecule has 19 heavy (non-hydrogen) atoms. The van der Waals surface area contributed by atoms with Crippen LogP contribution in [-0.2, 0) is 0 Å². The molecule has 1 amide bonds. The standard InChI is InChI=1S/C15H21BrN2O/c1-2-17-11-12-7-9-18(10-8-12)15(19)13-3-5-14(16)6-4-13/h3-6,12,17H,2,7-11H2,1H3. The second-order valence-electron chi connectivity index (χ2n) is 5.05. The van der Waals surface area contributed by atoms with Crippen molar-refractivity contribution in [3.05, 3.63) is 34.3 Å². The van der Waals surface area contributed by atoms with Crippen molar-refractivity contribution in [2.45, 2.75) is 19.8 Å². The van der Waals surface area contributed by atoms with E-state index in [1.807, 2.05) is 29.2 Å². The Morgan fingerprint density at radius 1 is 1.32 bits per heavy atom. The molecule has 0 saturated carbocycles. The topological polar surface area (TPSA) is 32.3 Å². The van der Waals surface area contributed by atoms with Crippen molar-refractivity contribution in [2.24, 2.45) is 5.92 Å². The first kappa shape index (κ1) is 14.5. The Morgan fingerprint density at radius 3 is 2.53 bits per heavy atom. The fourth-order valence-electron chi connectivity index (χ4n) is 2.46. The molecule has 1 heterocycles. The highest BCUT2D eigenvalue weighted by Crippen LogP contribution is 2.19. The van der Waals surface area contributed by atoms with Gasteiger partial charge in [-0.2, -0.15) is 0 Å². The van der Waals surface area contributed by atoms with Gasteiger partial charge in [0.2, 0.25) is 0 Å². The molecule has 1 fully saturated rings. The fraction of sp³-hybridized carbons (Fsp3) is 0.533. The molecule has 0 bridgehead atoms. The third kappa shape index (κ3) is 4.05. The van der Waals surface area contributed by atoms with E-state index in [9.17, 15) is 4.79 Å². The molecule has 1 aliphatic rings. The number of benzene rings is 1. The minimum Gasteiger partial charge on any atom is -0.339 e. The largest absolute Gasteiger partial charge is 0.339 e. The quantitative estimate of drug-likeness (QED) is 0.923. The summed E-state index contributed by atoms with van der Waals surface area (Å²) in [5, 5.41) is 3.39. The minimum absolute atomic E-state index is 0.161. The maximum Gasteiger partial charge on any atom is 0.253 e. The van der Waals surface area contributed by atoms with Gasteiger partial charge in [-0.3, -0.25) is 4.79 Å². The SMILES string of the molecule is CCNCC1CCN(C(=O)c2ccc(Br)cc2)CC1. The van der Waals surface area contributed by atoms with Gasteiger partial charge >= 0.3 is 0 Å². The number of hydrogen-bond acceptors (Lipinski definition) is 2. The van der Waals surface area contributed by atoms with Crippen molar-refractivity contribution in [1.29, 1.82) is 0 Å². The Kier molecular flexibility index (Phi) is 5.40. The molecule has 1 aromatic carbocycles. The van der Waals surface area contributed by atoms with Gasteiger partial charge < -0.3 is 10.2 Å². The second kappa shape index (κ2) is 7.06. The van der Waals surface area contributed by atoms with E-state index in [1.54, 1.807) is 0 Å². The van der Waals surface area contributed by atoms with Crippen molar-refractivity contribution >= 4 is 21.8 Å². The highest BCUT2D eigenvalue weighted by molar-refractivity contribution is 9.10. The number of halogens is 1. The number of rotatable bonds is 4. The Hall–Kier alpha value is -0.870. The van der Waals surface area contributed by atoms with Crippen LogP contribution in [0.1, 0.15) is 30.1 Å². The van der Waals surface area contributed by atoms with E-state index in [4.69, 9.17) is 0 Å². The highest BCUT2D eigenvalue weighted by Gasteiger charge is 2.23. The van der Waals surface area contributed by atoms with Crippen LogP contribution in [-0.4, -0.2) is 37.0 Å². The van der Waals surface area contributed by atoms with Gasteiger partial charge in [0.15, 0.2) is 0 Å². The molecule has 0 aromatic heterocycles. The molecule has 1 N–H and O–H groups in total. The van der Waals surface area contributed by atoms with Crippen LogP contribution >= 0.6 is 15.9 Å². The zero-order valence-electron chi connectivity index (χ0n) is 11.4. The Morgan fingerprint density at radius 2 is 1.95 bits per heavy atom. The molecule has 3 nitrogen and oxygen atoms in total. The molecule has 1 aromatic rings. The average molecular weight is 325 g/mol. The van der Waals surface area contributed by atoms with E-state index < -0.39 is 0 Å². The zero-order chi connectivity index (χ0) is 13.7. The minimum atomic E-state index is 0.161. The molecule has 0 atom stereocenters. The van der Waals surface area contributed by atoms with Gasteiger partial charge in [-0.25, -0.2) is 0 Å². The molecular weight excluding hydrogens is 304 g/mol. The smallest absolute Gasteiger partial charge is 0.253 e. The summed E-state index contributed by atoms with van der Waals surface area (Å²) in [4.78, 5) is 14.3. The van der Waals surface area contributed by atoms with Crippen LogP contribution in [0, 0.1) is 5.92 Å². The Labute approximate surface area is 123 Å². The van der Waals surface area contributed by atoms with Crippen LogP contribution in [0.4, 0.5) is 0 Å². The maximum atomic E-state index is 12.3. The van der Waals surface area contributed by atoms with Crippen molar-refractivity contribution in [3.63, 3.8) is 0 Å². The molecule has 0 unspecified atom stereocenters. The molecular formula is C15H21BrN2O. The second-order valence-corrected chi connectivity index (χ2v) is 5.97. The summed E-state index contributed by atoms with van der Waals surface area (Å²) in [6.45, 7) is 6.00. The van der Waals surface area contributed by atoms with Gasteiger partial charge in [-0.15, -0.1) is 0 Å². The van der Waals surface area contributed by atoms with E-state index in [2.05, 4.69) is 28.2 Å². The van der Waals surface area contributed by atoms with Crippen molar-refractivity contribution in [1.82, 2.24) is 10.2 Å².